The van der Waals surface area contributed by atoms with Gasteiger partial charge >= 0.3 is 0 Å². The van der Waals surface area contributed by atoms with Crippen molar-refractivity contribution in [1.82, 2.24) is 4.90 Å². The van der Waals surface area contributed by atoms with Gasteiger partial charge in [-0.2, -0.15) is 0 Å². The normalized spacial score (nSPS) is 13.7. The number of nitrogens with zero attached hydrogens (tertiary/aromatic N) is 2. The lowest BCUT2D eigenvalue weighted by Gasteiger charge is -2.29. The molecule has 0 radical (unpaired) electrons. The molecule has 30 heavy (non-hydrogen) atoms. The summed E-state index contributed by atoms with van der Waals surface area (Å²) in [4.78, 5) is 28.6. The molecule has 0 saturated carbocycles. The van der Waals surface area contributed by atoms with Crippen molar-refractivity contribution in [3.05, 3.63) is 59.9 Å². The van der Waals surface area contributed by atoms with Crippen molar-refractivity contribution < 1.29 is 18.7 Å². The van der Waals surface area contributed by atoms with Crippen LogP contribution in [0.5, 0.6) is 0 Å². The molecule has 2 aromatic carbocycles. The highest BCUT2D eigenvalue weighted by Gasteiger charge is 2.17. The molecular weight excluding hydrogens is 385 g/mol. The van der Waals surface area contributed by atoms with Gasteiger partial charge in [0.25, 0.3) is 0 Å². The molecule has 0 aromatic heterocycles. The van der Waals surface area contributed by atoms with Gasteiger partial charge in [-0.3, -0.25) is 9.59 Å². The number of hydrogen-bond donors (Lipinski definition) is 1. The Kier molecular flexibility index (Phi) is 7.79. The summed E-state index contributed by atoms with van der Waals surface area (Å²) in [7, 11) is 0. The van der Waals surface area contributed by atoms with Gasteiger partial charge in [0, 0.05) is 37.4 Å². The monoisotopic (exact) mass is 413 g/mol. The summed E-state index contributed by atoms with van der Waals surface area (Å²) >= 11 is 0. The molecule has 2 aromatic rings. The zero-order chi connectivity index (χ0) is 21.3. The third-order valence-corrected chi connectivity index (χ3v) is 5.16. The predicted octanol–water partition coefficient (Wildman–Crippen LogP) is 3.08. The topological polar surface area (TPSA) is 61.9 Å². The molecule has 3 rings (SSSR count). The van der Waals surface area contributed by atoms with Crippen LogP contribution in [0.4, 0.5) is 15.8 Å². The number of likely N-dealkylation sites (N-methyl/N-ethyl adjacent to an activating group) is 1. The molecule has 7 heteroatoms. The van der Waals surface area contributed by atoms with Crippen LogP contribution in [-0.4, -0.2) is 56.1 Å². The summed E-state index contributed by atoms with van der Waals surface area (Å²) in [5, 5.41) is 2.84. The van der Waals surface area contributed by atoms with Crippen molar-refractivity contribution in [2.45, 2.75) is 19.8 Å². The quantitative estimate of drug-likeness (QED) is 0.723. The molecule has 1 heterocycles. The van der Waals surface area contributed by atoms with Gasteiger partial charge in [0.15, 0.2) is 0 Å². The summed E-state index contributed by atoms with van der Waals surface area (Å²) in [5.41, 5.74) is 2.29. The van der Waals surface area contributed by atoms with Crippen LogP contribution in [0, 0.1) is 5.82 Å². The maximum atomic E-state index is 13.7. The molecule has 0 unspecified atom stereocenters. The van der Waals surface area contributed by atoms with Crippen molar-refractivity contribution in [3.63, 3.8) is 0 Å². The number of rotatable bonds is 8. The molecule has 0 aliphatic carbocycles. The number of carbonyl (C=O) groups excluding carboxylic acids is 2. The van der Waals surface area contributed by atoms with Gasteiger partial charge in [-0.25, -0.2) is 4.39 Å². The molecule has 0 spiro atoms. The molecule has 6 nitrogen and oxygen atoms in total. The fourth-order valence-corrected chi connectivity index (χ4v) is 3.43. The summed E-state index contributed by atoms with van der Waals surface area (Å²) in [5.74, 6) is -0.736. The van der Waals surface area contributed by atoms with Crippen molar-refractivity contribution in [3.8, 4) is 0 Å². The van der Waals surface area contributed by atoms with Crippen LogP contribution in [0.2, 0.25) is 0 Å². The first-order valence-electron chi connectivity index (χ1n) is 10.3. The SMILES string of the molecule is CCN(CC(=O)Nc1ccc(N2CCOCC2)cc1)C(=O)CCc1ccccc1F. The van der Waals surface area contributed by atoms with Crippen LogP contribution in [0.1, 0.15) is 18.9 Å². The Balaban J connectivity index is 1.49. The number of amides is 2. The first-order chi connectivity index (χ1) is 14.6. The third kappa shape index (κ3) is 6.03. The van der Waals surface area contributed by atoms with E-state index >= 15 is 0 Å². The smallest absolute Gasteiger partial charge is 0.243 e. The van der Waals surface area contributed by atoms with Crippen molar-refractivity contribution in [1.29, 1.82) is 0 Å². The van der Waals surface area contributed by atoms with Gasteiger partial charge in [-0.1, -0.05) is 18.2 Å². The van der Waals surface area contributed by atoms with E-state index in [4.69, 9.17) is 4.74 Å². The largest absolute Gasteiger partial charge is 0.378 e. The number of aryl methyl sites for hydroxylation is 1. The second kappa shape index (κ2) is 10.7. The van der Waals surface area contributed by atoms with E-state index in [0.717, 1.165) is 32.0 Å². The van der Waals surface area contributed by atoms with Crippen LogP contribution >= 0.6 is 0 Å². The van der Waals surface area contributed by atoms with E-state index in [1.165, 1.54) is 11.0 Å². The van der Waals surface area contributed by atoms with Crippen LogP contribution in [-0.2, 0) is 20.7 Å². The fourth-order valence-electron chi connectivity index (χ4n) is 3.43. The fraction of sp³-hybridized carbons (Fsp3) is 0.391. The average Bonchev–Trinajstić information content (AvgIpc) is 2.78. The Morgan fingerprint density at radius 3 is 2.47 bits per heavy atom. The van der Waals surface area contributed by atoms with Gasteiger partial charge in [0.2, 0.25) is 11.8 Å². The van der Waals surface area contributed by atoms with Crippen molar-refractivity contribution >= 4 is 23.2 Å². The van der Waals surface area contributed by atoms with Crippen LogP contribution in [0.3, 0.4) is 0 Å². The van der Waals surface area contributed by atoms with Crippen LogP contribution in [0.25, 0.3) is 0 Å². The Morgan fingerprint density at radius 2 is 1.80 bits per heavy atom. The number of hydrogen-bond acceptors (Lipinski definition) is 4. The van der Waals surface area contributed by atoms with Gasteiger partial charge in [-0.05, 0) is 49.2 Å². The van der Waals surface area contributed by atoms with Crippen molar-refractivity contribution in [2.24, 2.45) is 0 Å². The van der Waals surface area contributed by atoms with Gasteiger partial charge in [0.05, 0.1) is 19.8 Å². The molecule has 1 aliphatic rings. The lowest BCUT2D eigenvalue weighted by Crippen LogP contribution is -2.38. The highest BCUT2D eigenvalue weighted by Crippen LogP contribution is 2.19. The van der Waals surface area contributed by atoms with Crippen molar-refractivity contribution in [2.75, 3.05) is 49.6 Å². The third-order valence-electron chi connectivity index (χ3n) is 5.16. The van der Waals surface area contributed by atoms with E-state index in [1.54, 1.807) is 18.2 Å². The molecule has 1 saturated heterocycles. The number of carbonyl (C=O) groups is 2. The highest BCUT2D eigenvalue weighted by atomic mass is 19.1. The summed E-state index contributed by atoms with van der Waals surface area (Å²) in [6.07, 6.45) is 0.475. The molecule has 2 amide bonds. The van der Waals surface area contributed by atoms with E-state index in [1.807, 2.05) is 31.2 Å². The summed E-state index contributed by atoms with van der Waals surface area (Å²) in [6.45, 7) is 5.35. The first kappa shape index (κ1) is 21.8. The Labute approximate surface area is 176 Å². The Bertz CT molecular complexity index is 851. The lowest BCUT2D eigenvalue weighted by molar-refractivity contribution is -0.134. The molecule has 1 aliphatic heterocycles. The minimum atomic E-state index is -0.313. The molecule has 0 bridgehead atoms. The molecule has 1 N–H and O–H groups in total. The zero-order valence-electron chi connectivity index (χ0n) is 17.3. The predicted molar refractivity (Wildman–Crippen MR) is 115 cm³/mol. The van der Waals surface area contributed by atoms with Crippen LogP contribution < -0.4 is 10.2 Å². The minimum Gasteiger partial charge on any atom is -0.378 e. The van der Waals surface area contributed by atoms with E-state index in [9.17, 15) is 14.0 Å². The zero-order valence-corrected chi connectivity index (χ0v) is 17.3. The molecule has 0 atom stereocenters. The van der Waals surface area contributed by atoms with Crippen LogP contribution in [0.15, 0.2) is 48.5 Å². The molecular formula is C23H28FN3O3. The number of benzene rings is 2. The molecule has 1 fully saturated rings. The number of halogens is 1. The first-order valence-corrected chi connectivity index (χ1v) is 10.3. The second-order valence-corrected chi connectivity index (χ2v) is 7.19. The maximum Gasteiger partial charge on any atom is 0.243 e. The number of ether oxygens (including phenoxy) is 1. The second-order valence-electron chi connectivity index (χ2n) is 7.19. The number of nitrogens with one attached hydrogen (secondary N) is 1. The highest BCUT2D eigenvalue weighted by molar-refractivity contribution is 5.94. The van der Waals surface area contributed by atoms with Gasteiger partial charge in [-0.15, -0.1) is 0 Å². The van der Waals surface area contributed by atoms with E-state index < -0.39 is 0 Å². The number of anilines is 2. The Morgan fingerprint density at radius 1 is 1.10 bits per heavy atom. The van der Waals surface area contributed by atoms with Gasteiger partial charge in [0.1, 0.15) is 5.82 Å². The van der Waals surface area contributed by atoms with E-state index in [0.29, 0.717) is 24.2 Å². The number of morpholine rings is 1. The van der Waals surface area contributed by atoms with E-state index in [2.05, 4.69) is 10.2 Å². The standard InChI is InChI=1S/C23H28FN3O3/c1-2-26(23(29)12-7-18-5-3-4-6-21(18)24)17-22(28)25-19-8-10-20(11-9-19)27-13-15-30-16-14-27/h3-6,8-11H,2,7,12-17H2,1H3,(H,25,28). The van der Waals surface area contributed by atoms with E-state index in [-0.39, 0.29) is 30.6 Å². The Hall–Kier alpha value is -2.93. The summed E-state index contributed by atoms with van der Waals surface area (Å²) in [6, 6.07) is 14.1. The average molecular weight is 413 g/mol. The summed E-state index contributed by atoms with van der Waals surface area (Å²) < 4.78 is 19.1. The maximum absolute atomic E-state index is 13.7. The lowest BCUT2D eigenvalue weighted by atomic mass is 10.1. The molecule has 160 valence electrons. The van der Waals surface area contributed by atoms with Gasteiger partial charge < -0.3 is 19.9 Å². The minimum absolute atomic E-state index is 0.0299.